The molecule has 0 aliphatic carbocycles. The summed E-state index contributed by atoms with van der Waals surface area (Å²) >= 11 is 12.4. The van der Waals surface area contributed by atoms with E-state index in [1.54, 1.807) is 12.3 Å². The molecule has 0 amide bonds. The maximum atomic E-state index is 12.3. The van der Waals surface area contributed by atoms with Crippen LogP contribution in [0.25, 0.3) is 0 Å². The van der Waals surface area contributed by atoms with Crippen LogP contribution in [0.1, 0.15) is 12.8 Å². The molecule has 3 rings (SSSR count). The minimum absolute atomic E-state index is 0.0462. The molecule has 1 aliphatic heterocycles. The van der Waals surface area contributed by atoms with Crippen molar-refractivity contribution in [3.63, 3.8) is 0 Å². The molecule has 27 heavy (non-hydrogen) atoms. The minimum Gasteiger partial charge on any atom is -0.454 e. The van der Waals surface area contributed by atoms with Crippen LogP contribution in [-0.4, -0.2) is 30.5 Å². The third-order valence-corrected chi connectivity index (χ3v) is 4.68. The van der Waals surface area contributed by atoms with Gasteiger partial charge >= 0.3 is 6.36 Å². The van der Waals surface area contributed by atoms with Gasteiger partial charge in [-0.15, -0.1) is 13.2 Å². The number of halogens is 5. The van der Waals surface area contributed by atoms with Gasteiger partial charge in [-0.25, -0.2) is 4.98 Å². The standard InChI is InChI=1S/C17H16Cl2F3N3O2/c18-12-9-11(27-17(20,21)22)1-2-13(12)26-14-3-6-24-16(15(14)19)25-7-4-10(23)5-8-25/h1-3,6,9-10H,4-5,7-8,23H2. The van der Waals surface area contributed by atoms with E-state index in [4.69, 9.17) is 33.7 Å². The number of aromatic nitrogens is 1. The lowest BCUT2D eigenvalue weighted by Gasteiger charge is -2.31. The number of hydrogen-bond acceptors (Lipinski definition) is 5. The monoisotopic (exact) mass is 421 g/mol. The zero-order chi connectivity index (χ0) is 19.6. The van der Waals surface area contributed by atoms with E-state index in [2.05, 4.69) is 9.72 Å². The normalized spacial score (nSPS) is 15.7. The van der Waals surface area contributed by atoms with Gasteiger partial charge in [-0.2, -0.15) is 0 Å². The quantitative estimate of drug-likeness (QED) is 0.751. The molecule has 0 atom stereocenters. The second-order valence-electron chi connectivity index (χ2n) is 6.01. The topological polar surface area (TPSA) is 60.6 Å². The molecule has 1 aromatic carbocycles. The van der Waals surface area contributed by atoms with Gasteiger partial charge in [0.25, 0.3) is 0 Å². The Balaban J connectivity index is 1.79. The molecule has 0 unspecified atom stereocenters. The zero-order valence-electron chi connectivity index (χ0n) is 14.0. The van der Waals surface area contributed by atoms with E-state index >= 15 is 0 Å². The number of piperidine rings is 1. The lowest BCUT2D eigenvalue weighted by Crippen LogP contribution is -2.40. The number of benzene rings is 1. The summed E-state index contributed by atoms with van der Waals surface area (Å²) < 4.78 is 46.4. The number of ether oxygens (including phenoxy) is 2. The first kappa shape index (κ1) is 19.9. The average molecular weight is 422 g/mol. The number of alkyl halides is 3. The third kappa shape index (κ3) is 5.09. The molecule has 0 saturated carbocycles. The van der Waals surface area contributed by atoms with Crippen molar-refractivity contribution in [3.8, 4) is 17.2 Å². The van der Waals surface area contributed by atoms with Crippen LogP contribution in [0.2, 0.25) is 10.0 Å². The number of hydrogen-bond donors (Lipinski definition) is 1. The van der Waals surface area contributed by atoms with Crippen molar-refractivity contribution in [1.29, 1.82) is 0 Å². The van der Waals surface area contributed by atoms with Crippen LogP contribution in [0.15, 0.2) is 30.5 Å². The summed E-state index contributed by atoms with van der Waals surface area (Å²) in [5, 5.41) is 0.245. The van der Waals surface area contributed by atoms with Gasteiger partial charge < -0.3 is 20.1 Å². The van der Waals surface area contributed by atoms with Gasteiger partial charge in [-0.3, -0.25) is 0 Å². The molecule has 1 saturated heterocycles. The van der Waals surface area contributed by atoms with Gasteiger partial charge in [0.15, 0.2) is 11.6 Å². The maximum absolute atomic E-state index is 12.3. The average Bonchev–Trinajstić information content (AvgIpc) is 2.58. The predicted octanol–water partition coefficient (Wildman–Crippen LogP) is 5.01. The van der Waals surface area contributed by atoms with Crippen molar-refractivity contribution < 1.29 is 22.6 Å². The van der Waals surface area contributed by atoms with Crippen molar-refractivity contribution >= 4 is 29.0 Å². The Hall–Kier alpha value is -1.90. The molecule has 0 bridgehead atoms. The van der Waals surface area contributed by atoms with Crippen LogP contribution in [0.5, 0.6) is 17.2 Å². The fourth-order valence-corrected chi connectivity index (χ4v) is 3.19. The summed E-state index contributed by atoms with van der Waals surface area (Å²) in [4.78, 5) is 6.32. The van der Waals surface area contributed by atoms with E-state index in [-0.39, 0.29) is 16.8 Å². The zero-order valence-corrected chi connectivity index (χ0v) is 15.5. The smallest absolute Gasteiger partial charge is 0.454 e. The predicted molar refractivity (Wildman–Crippen MR) is 96.9 cm³/mol. The van der Waals surface area contributed by atoms with Crippen LogP contribution in [-0.2, 0) is 0 Å². The van der Waals surface area contributed by atoms with Crippen molar-refractivity contribution in [1.82, 2.24) is 4.98 Å². The van der Waals surface area contributed by atoms with Gasteiger partial charge in [0.1, 0.15) is 16.5 Å². The number of rotatable bonds is 4. The van der Waals surface area contributed by atoms with Gasteiger partial charge in [0, 0.05) is 37.5 Å². The molecule has 0 spiro atoms. The molecule has 2 aromatic rings. The van der Waals surface area contributed by atoms with Gasteiger partial charge in [0.05, 0.1) is 5.02 Å². The second-order valence-corrected chi connectivity index (χ2v) is 6.80. The fourth-order valence-electron chi connectivity index (χ4n) is 2.71. The van der Waals surface area contributed by atoms with E-state index in [1.807, 2.05) is 4.90 Å². The lowest BCUT2D eigenvalue weighted by atomic mass is 10.1. The van der Waals surface area contributed by atoms with E-state index in [0.717, 1.165) is 38.1 Å². The Kier molecular flexibility index (Phi) is 5.88. The number of nitrogens with two attached hydrogens (primary N) is 1. The van der Waals surface area contributed by atoms with E-state index in [9.17, 15) is 13.2 Å². The van der Waals surface area contributed by atoms with Gasteiger partial charge in [-0.05, 0) is 25.0 Å². The summed E-state index contributed by atoms with van der Waals surface area (Å²) in [5.74, 6) is 0.564. The van der Waals surface area contributed by atoms with Crippen LogP contribution in [0.4, 0.5) is 19.0 Å². The van der Waals surface area contributed by atoms with Crippen molar-refractivity contribution in [2.75, 3.05) is 18.0 Å². The highest BCUT2D eigenvalue weighted by Crippen LogP contribution is 2.39. The fraction of sp³-hybridized carbons (Fsp3) is 0.353. The molecule has 1 aromatic heterocycles. The Morgan fingerprint density at radius 1 is 1.11 bits per heavy atom. The molecular formula is C17H16Cl2F3N3O2. The highest BCUT2D eigenvalue weighted by molar-refractivity contribution is 6.34. The Labute approximate surface area is 163 Å². The van der Waals surface area contributed by atoms with E-state index < -0.39 is 12.1 Å². The second kappa shape index (κ2) is 8.00. The largest absolute Gasteiger partial charge is 0.573 e. The Morgan fingerprint density at radius 2 is 1.81 bits per heavy atom. The van der Waals surface area contributed by atoms with Crippen molar-refractivity contribution in [2.24, 2.45) is 5.73 Å². The van der Waals surface area contributed by atoms with Crippen molar-refractivity contribution in [2.45, 2.75) is 25.2 Å². The minimum atomic E-state index is -4.80. The lowest BCUT2D eigenvalue weighted by molar-refractivity contribution is -0.274. The first-order chi connectivity index (χ1) is 12.7. The highest BCUT2D eigenvalue weighted by atomic mass is 35.5. The summed E-state index contributed by atoms with van der Waals surface area (Å²) in [6, 6.07) is 5.12. The molecule has 146 valence electrons. The van der Waals surface area contributed by atoms with E-state index in [1.165, 1.54) is 6.07 Å². The van der Waals surface area contributed by atoms with E-state index in [0.29, 0.717) is 16.6 Å². The SMILES string of the molecule is NC1CCN(c2nccc(Oc3ccc(OC(F)(F)F)cc3Cl)c2Cl)CC1. The first-order valence-electron chi connectivity index (χ1n) is 8.11. The Morgan fingerprint density at radius 3 is 2.44 bits per heavy atom. The molecule has 2 heterocycles. The molecular weight excluding hydrogens is 406 g/mol. The van der Waals surface area contributed by atoms with Crippen LogP contribution < -0.4 is 20.1 Å². The molecule has 5 nitrogen and oxygen atoms in total. The molecule has 0 radical (unpaired) electrons. The summed E-state index contributed by atoms with van der Waals surface area (Å²) in [6.07, 6.45) is -1.60. The van der Waals surface area contributed by atoms with Crippen molar-refractivity contribution in [3.05, 3.63) is 40.5 Å². The molecule has 2 N–H and O–H groups in total. The summed E-state index contributed by atoms with van der Waals surface area (Å²) in [7, 11) is 0. The first-order valence-corrected chi connectivity index (χ1v) is 8.87. The van der Waals surface area contributed by atoms with Crippen LogP contribution in [0.3, 0.4) is 0 Å². The molecule has 1 aliphatic rings. The third-order valence-electron chi connectivity index (χ3n) is 4.03. The number of nitrogens with zero attached hydrogens (tertiary/aromatic N) is 2. The Bertz CT molecular complexity index is 812. The summed E-state index contributed by atoms with van der Waals surface area (Å²) in [6.45, 7) is 1.45. The van der Waals surface area contributed by atoms with Gasteiger partial charge in [-0.1, -0.05) is 23.2 Å². The number of pyridine rings is 1. The summed E-state index contributed by atoms with van der Waals surface area (Å²) in [5.41, 5.74) is 5.91. The van der Waals surface area contributed by atoms with Gasteiger partial charge in [0.2, 0.25) is 0 Å². The maximum Gasteiger partial charge on any atom is 0.573 e. The molecule has 10 heteroatoms. The highest BCUT2D eigenvalue weighted by Gasteiger charge is 2.31. The number of anilines is 1. The molecule has 1 fully saturated rings. The van der Waals surface area contributed by atoms with Crippen LogP contribution >= 0.6 is 23.2 Å². The van der Waals surface area contributed by atoms with Crippen LogP contribution in [0, 0.1) is 0 Å².